The fraction of sp³-hybridized carbons (Fsp3) is 0.385. The number of rotatable bonds is 4. The van der Waals surface area contributed by atoms with Crippen LogP contribution >= 0.6 is 11.3 Å². The third-order valence-electron chi connectivity index (χ3n) is 2.97. The van der Waals surface area contributed by atoms with E-state index in [0.29, 0.717) is 10.9 Å². The molecule has 0 atom stereocenters. The van der Waals surface area contributed by atoms with E-state index >= 15 is 0 Å². The molecule has 0 saturated carbocycles. The van der Waals surface area contributed by atoms with Gasteiger partial charge in [-0.2, -0.15) is 4.98 Å². The Morgan fingerprint density at radius 3 is 2.91 bits per heavy atom. The van der Waals surface area contributed by atoms with E-state index in [-0.39, 0.29) is 5.82 Å². The van der Waals surface area contributed by atoms with Gasteiger partial charge in [-0.3, -0.25) is 10.1 Å². The van der Waals surface area contributed by atoms with Gasteiger partial charge in [0.15, 0.2) is 0 Å². The minimum Gasteiger partial charge on any atom is -0.294 e. The molecular formula is C13H15N7OS. The van der Waals surface area contributed by atoms with Gasteiger partial charge in [0.1, 0.15) is 5.01 Å². The quantitative estimate of drug-likeness (QED) is 0.788. The van der Waals surface area contributed by atoms with Crippen molar-refractivity contribution in [2.24, 2.45) is 0 Å². The number of carbonyl (C=O) groups excluding carboxylic acids is 1. The molecule has 3 aromatic heterocycles. The number of nitrogens with one attached hydrogen (secondary N) is 1. The molecule has 0 bridgehead atoms. The van der Waals surface area contributed by atoms with Crippen molar-refractivity contribution in [1.82, 2.24) is 29.8 Å². The summed E-state index contributed by atoms with van der Waals surface area (Å²) >= 11 is 1.36. The van der Waals surface area contributed by atoms with E-state index in [2.05, 4.69) is 37.5 Å². The number of fused-ring (bicyclic) bond motifs is 1. The summed E-state index contributed by atoms with van der Waals surface area (Å²) in [6, 6.07) is 1.88. The number of aryl methyl sites for hydroxylation is 3. The number of anilines is 1. The molecule has 3 rings (SSSR count). The van der Waals surface area contributed by atoms with Crippen molar-refractivity contribution < 1.29 is 4.79 Å². The fourth-order valence-electron chi connectivity index (χ4n) is 2.03. The SMILES string of the molecule is CCCc1nnc(NC(=O)c2nc3nc(C)cc(C)n3n2)s1. The molecular weight excluding hydrogens is 302 g/mol. The van der Waals surface area contributed by atoms with Gasteiger partial charge in [-0.15, -0.1) is 15.3 Å². The molecule has 0 spiro atoms. The Kier molecular flexibility index (Phi) is 3.80. The van der Waals surface area contributed by atoms with Crippen LogP contribution < -0.4 is 5.32 Å². The van der Waals surface area contributed by atoms with Gasteiger partial charge in [0.05, 0.1) is 0 Å². The predicted molar refractivity (Wildman–Crippen MR) is 82.1 cm³/mol. The minimum atomic E-state index is -0.415. The molecule has 1 amide bonds. The van der Waals surface area contributed by atoms with Crippen molar-refractivity contribution in [2.75, 3.05) is 5.32 Å². The molecule has 0 aliphatic heterocycles. The number of carbonyl (C=O) groups is 1. The highest BCUT2D eigenvalue weighted by atomic mass is 32.1. The summed E-state index contributed by atoms with van der Waals surface area (Å²) in [4.78, 5) is 20.6. The second-order valence-electron chi connectivity index (χ2n) is 4.89. The van der Waals surface area contributed by atoms with Crippen molar-refractivity contribution in [3.63, 3.8) is 0 Å². The molecule has 8 nitrogen and oxygen atoms in total. The van der Waals surface area contributed by atoms with Crippen molar-refractivity contribution in [1.29, 1.82) is 0 Å². The molecule has 22 heavy (non-hydrogen) atoms. The van der Waals surface area contributed by atoms with Crippen LogP contribution in [0.25, 0.3) is 5.78 Å². The first-order chi connectivity index (χ1) is 10.6. The van der Waals surface area contributed by atoms with Gasteiger partial charge in [0.25, 0.3) is 11.7 Å². The zero-order valence-electron chi connectivity index (χ0n) is 12.5. The van der Waals surface area contributed by atoms with E-state index in [4.69, 9.17) is 0 Å². The lowest BCUT2D eigenvalue weighted by atomic mass is 10.4. The lowest BCUT2D eigenvalue weighted by molar-refractivity contribution is 0.101. The number of nitrogens with zero attached hydrogens (tertiary/aromatic N) is 6. The maximum Gasteiger partial charge on any atom is 0.297 e. The first-order valence-electron chi connectivity index (χ1n) is 6.91. The van der Waals surface area contributed by atoms with E-state index in [1.807, 2.05) is 19.9 Å². The summed E-state index contributed by atoms with van der Waals surface area (Å²) in [6.45, 7) is 5.83. The molecule has 9 heteroatoms. The number of hydrogen-bond donors (Lipinski definition) is 1. The summed E-state index contributed by atoms with van der Waals surface area (Å²) in [7, 11) is 0. The zero-order valence-corrected chi connectivity index (χ0v) is 13.3. The molecule has 3 heterocycles. The molecule has 3 aromatic rings. The normalized spacial score (nSPS) is 11.0. The van der Waals surface area contributed by atoms with E-state index in [9.17, 15) is 4.79 Å². The maximum atomic E-state index is 12.2. The Labute approximate surface area is 130 Å². The van der Waals surface area contributed by atoms with Crippen LogP contribution in [0.5, 0.6) is 0 Å². The van der Waals surface area contributed by atoms with Gasteiger partial charge >= 0.3 is 0 Å². The maximum absolute atomic E-state index is 12.2. The van der Waals surface area contributed by atoms with Gasteiger partial charge in [-0.05, 0) is 26.3 Å². The Bertz CT molecular complexity index is 838. The Balaban J connectivity index is 1.83. The third-order valence-corrected chi connectivity index (χ3v) is 3.87. The molecule has 1 N–H and O–H groups in total. The molecule has 0 saturated heterocycles. The van der Waals surface area contributed by atoms with Crippen molar-refractivity contribution in [2.45, 2.75) is 33.6 Å². The minimum absolute atomic E-state index is 0.0634. The summed E-state index contributed by atoms with van der Waals surface area (Å²) in [5.74, 6) is 0.0572. The molecule has 0 aliphatic rings. The van der Waals surface area contributed by atoms with Gasteiger partial charge in [0.2, 0.25) is 11.0 Å². The van der Waals surface area contributed by atoms with Crippen LogP contribution in [0.1, 0.15) is 40.4 Å². The van der Waals surface area contributed by atoms with E-state index in [1.165, 1.54) is 11.3 Å². The standard InChI is InChI=1S/C13H15N7OS/c1-4-5-9-17-18-13(22-9)16-11(21)10-15-12-14-7(2)6-8(3)20(12)19-10/h6H,4-5H2,1-3H3,(H,16,18,21). The van der Waals surface area contributed by atoms with Crippen LogP contribution in [0, 0.1) is 13.8 Å². The first-order valence-corrected chi connectivity index (χ1v) is 7.73. The van der Waals surface area contributed by atoms with E-state index in [1.54, 1.807) is 4.52 Å². The average molecular weight is 317 g/mol. The number of aromatic nitrogens is 6. The Morgan fingerprint density at radius 1 is 1.32 bits per heavy atom. The molecule has 114 valence electrons. The van der Waals surface area contributed by atoms with Crippen molar-refractivity contribution in [3.8, 4) is 0 Å². The summed E-state index contributed by atoms with van der Waals surface area (Å²) in [5, 5.41) is 16.2. The first kappa shape index (κ1) is 14.5. The van der Waals surface area contributed by atoms with Gasteiger partial charge < -0.3 is 0 Å². The predicted octanol–water partition coefficient (Wildman–Crippen LogP) is 1.80. The van der Waals surface area contributed by atoms with Crippen LogP contribution in [0.3, 0.4) is 0 Å². The third kappa shape index (κ3) is 2.80. The monoisotopic (exact) mass is 317 g/mol. The van der Waals surface area contributed by atoms with Gasteiger partial charge in [-0.1, -0.05) is 18.3 Å². The van der Waals surface area contributed by atoms with Crippen LogP contribution in [0.15, 0.2) is 6.07 Å². The van der Waals surface area contributed by atoms with Crippen molar-refractivity contribution in [3.05, 3.63) is 28.3 Å². The molecule has 0 aromatic carbocycles. The van der Waals surface area contributed by atoms with Gasteiger partial charge in [0, 0.05) is 17.8 Å². The molecule has 0 radical (unpaired) electrons. The van der Waals surface area contributed by atoms with Crippen LogP contribution in [0.4, 0.5) is 5.13 Å². The summed E-state index contributed by atoms with van der Waals surface area (Å²) in [5.41, 5.74) is 1.70. The molecule has 0 unspecified atom stereocenters. The van der Waals surface area contributed by atoms with E-state index < -0.39 is 5.91 Å². The van der Waals surface area contributed by atoms with Crippen LogP contribution in [0.2, 0.25) is 0 Å². The average Bonchev–Trinajstić information content (AvgIpc) is 3.06. The van der Waals surface area contributed by atoms with E-state index in [0.717, 1.165) is 29.2 Å². The van der Waals surface area contributed by atoms with Crippen molar-refractivity contribution >= 4 is 28.2 Å². The highest BCUT2D eigenvalue weighted by Gasteiger charge is 2.16. The Hall–Kier alpha value is -2.42. The molecule has 0 fully saturated rings. The highest BCUT2D eigenvalue weighted by molar-refractivity contribution is 7.15. The second kappa shape index (κ2) is 5.76. The topological polar surface area (TPSA) is 98.0 Å². The smallest absolute Gasteiger partial charge is 0.294 e. The Morgan fingerprint density at radius 2 is 2.14 bits per heavy atom. The van der Waals surface area contributed by atoms with Crippen LogP contribution in [-0.4, -0.2) is 35.7 Å². The van der Waals surface area contributed by atoms with Gasteiger partial charge in [-0.25, -0.2) is 9.50 Å². The summed E-state index contributed by atoms with van der Waals surface area (Å²) < 4.78 is 1.55. The zero-order chi connectivity index (χ0) is 15.7. The number of amides is 1. The fourth-order valence-corrected chi connectivity index (χ4v) is 2.87. The lowest BCUT2D eigenvalue weighted by Gasteiger charge is -1.97. The highest BCUT2D eigenvalue weighted by Crippen LogP contribution is 2.17. The van der Waals surface area contributed by atoms with Crippen LogP contribution in [-0.2, 0) is 6.42 Å². The summed E-state index contributed by atoms with van der Waals surface area (Å²) in [6.07, 6.45) is 1.84. The largest absolute Gasteiger partial charge is 0.297 e. The lowest BCUT2D eigenvalue weighted by Crippen LogP contribution is -2.13. The second-order valence-corrected chi connectivity index (χ2v) is 5.95. The number of hydrogen-bond acceptors (Lipinski definition) is 7. The molecule has 0 aliphatic carbocycles.